The predicted octanol–water partition coefficient (Wildman–Crippen LogP) is 4.67. The van der Waals surface area contributed by atoms with Crippen LogP contribution in [0.4, 0.5) is 10.1 Å². The van der Waals surface area contributed by atoms with E-state index in [4.69, 9.17) is 4.74 Å². The number of hydrogen-bond acceptors (Lipinski definition) is 5. The molecule has 0 fully saturated rings. The van der Waals surface area contributed by atoms with Crippen LogP contribution in [0.1, 0.15) is 38.3 Å². The number of carbonyl (C=O) groups is 2. The third-order valence-corrected chi connectivity index (χ3v) is 8.22. The lowest BCUT2D eigenvalue weighted by atomic mass is 10.1. The summed E-state index contributed by atoms with van der Waals surface area (Å²) >= 11 is 0. The molecule has 0 unspecified atom stereocenters. The number of sulfonamides is 1. The highest BCUT2D eigenvalue weighted by Gasteiger charge is 2.32. The molecular weight excluding hydrogens is 533 g/mol. The Hall–Kier alpha value is -3.92. The SMILES string of the molecule is CCCNC(=O)[C@@H](C)N(Cc1ccccc1C)C(=O)CN(c1ccc(F)cc1)S(=O)(=O)c1ccc(OCC)cc1. The topological polar surface area (TPSA) is 96.0 Å². The maximum atomic E-state index is 13.9. The molecule has 0 radical (unpaired) electrons. The lowest BCUT2D eigenvalue weighted by molar-refractivity contribution is -0.139. The van der Waals surface area contributed by atoms with E-state index in [-0.39, 0.29) is 23.0 Å². The van der Waals surface area contributed by atoms with Gasteiger partial charge in [0.05, 0.1) is 17.2 Å². The van der Waals surface area contributed by atoms with Crippen molar-refractivity contribution in [3.8, 4) is 5.75 Å². The van der Waals surface area contributed by atoms with Crippen molar-refractivity contribution in [3.63, 3.8) is 0 Å². The Morgan fingerprint density at radius 3 is 2.23 bits per heavy atom. The fraction of sp³-hybridized carbons (Fsp3) is 0.333. The van der Waals surface area contributed by atoms with Crippen molar-refractivity contribution in [2.75, 3.05) is 24.0 Å². The van der Waals surface area contributed by atoms with E-state index < -0.39 is 34.3 Å². The summed E-state index contributed by atoms with van der Waals surface area (Å²) in [5.41, 5.74) is 1.87. The highest BCUT2D eigenvalue weighted by Crippen LogP contribution is 2.26. The zero-order valence-corrected chi connectivity index (χ0v) is 24.1. The molecule has 2 amide bonds. The minimum Gasteiger partial charge on any atom is -0.494 e. The fourth-order valence-electron chi connectivity index (χ4n) is 4.09. The number of nitrogens with zero attached hydrogens (tertiary/aromatic N) is 2. The number of ether oxygens (including phenoxy) is 1. The molecule has 0 aliphatic heterocycles. The minimum absolute atomic E-state index is 0.0627. The van der Waals surface area contributed by atoms with Crippen molar-refractivity contribution in [1.29, 1.82) is 0 Å². The quantitative estimate of drug-likeness (QED) is 0.323. The van der Waals surface area contributed by atoms with Gasteiger partial charge >= 0.3 is 0 Å². The molecule has 1 N–H and O–H groups in total. The summed E-state index contributed by atoms with van der Waals surface area (Å²) < 4.78 is 47.8. The molecule has 3 aromatic carbocycles. The number of aryl methyl sites for hydroxylation is 1. The van der Waals surface area contributed by atoms with Gasteiger partial charge in [-0.3, -0.25) is 13.9 Å². The van der Waals surface area contributed by atoms with Gasteiger partial charge in [-0.1, -0.05) is 31.2 Å². The van der Waals surface area contributed by atoms with Gasteiger partial charge in [0.1, 0.15) is 24.2 Å². The average molecular weight is 570 g/mol. The van der Waals surface area contributed by atoms with Crippen LogP contribution >= 0.6 is 0 Å². The monoisotopic (exact) mass is 569 g/mol. The van der Waals surface area contributed by atoms with Crippen LogP contribution in [-0.2, 0) is 26.2 Å². The Labute approximate surface area is 235 Å². The van der Waals surface area contributed by atoms with Crippen molar-refractivity contribution in [2.45, 2.75) is 51.6 Å². The Morgan fingerprint density at radius 1 is 0.975 bits per heavy atom. The van der Waals surface area contributed by atoms with E-state index in [1.54, 1.807) is 6.92 Å². The van der Waals surface area contributed by atoms with Crippen LogP contribution < -0.4 is 14.4 Å². The summed E-state index contributed by atoms with van der Waals surface area (Å²) in [7, 11) is -4.26. The molecule has 0 bridgehead atoms. The summed E-state index contributed by atoms with van der Waals surface area (Å²) in [4.78, 5) is 28.1. The first-order chi connectivity index (χ1) is 19.1. The summed E-state index contributed by atoms with van der Waals surface area (Å²) in [6.07, 6.45) is 0.725. The third kappa shape index (κ3) is 7.59. The second kappa shape index (κ2) is 13.9. The lowest BCUT2D eigenvalue weighted by Crippen LogP contribution is -2.51. The number of benzene rings is 3. The van der Waals surface area contributed by atoms with Gasteiger partial charge in [0, 0.05) is 13.1 Å². The van der Waals surface area contributed by atoms with Gasteiger partial charge in [-0.25, -0.2) is 12.8 Å². The second-order valence-electron chi connectivity index (χ2n) is 9.31. The average Bonchev–Trinajstić information content (AvgIpc) is 2.94. The van der Waals surface area contributed by atoms with E-state index in [1.807, 2.05) is 45.0 Å². The number of halogens is 1. The molecular formula is C30H36FN3O5S. The van der Waals surface area contributed by atoms with Crippen LogP contribution in [0.2, 0.25) is 0 Å². The van der Waals surface area contributed by atoms with E-state index in [9.17, 15) is 22.4 Å². The molecule has 0 saturated carbocycles. The molecule has 1 atom stereocenters. The molecule has 0 aromatic heterocycles. The molecule has 8 nitrogen and oxygen atoms in total. The predicted molar refractivity (Wildman–Crippen MR) is 153 cm³/mol. The number of rotatable bonds is 13. The molecule has 0 spiro atoms. The number of carbonyl (C=O) groups excluding carboxylic acids is 2. The molecule has 0 aliphatic rings. The summed E-state index contributed by atoms with van der Waals surface area (Å²) in [6.45, 7) is 7.63. The Bertz CT molecular complexity index is 1400. The molecule has 3 aromatic rings. The highest BCUT2D eigenvalue weighted by molar-refractivity contribution is 7.92. The van der Waals surface area contributed by atoms with E-state index in [2.05, 4.69) is 5.32 Å². The van der Waals surface area contributed by atoms with E-state index >= 15 is 0 Å². The Morgan fingerprint density at radius 2 is 1.62 bits per heavy atom. The highest BCUT2D eigenvalue weighted by atomic mass is 32.2. The number of amides is 2. The van der Waals surface area contributed by atoms with Crippen LogP contribution in [0, 0.1) is 12.7 Å². The van der Waals surface area contributed by atoms with Crippen LogP contribution in [-0.4, -0.2) is 50.9 Å². The standard InChI is InChI=1S/C30H36FN3O5S/c1-5-19-32-30(36)23(4)33(20-24-10-8-7-9-22(24)3)29(35)21-34(26-13-11-25(31)12-14-26)40(37,38)28-17-15-27(16-18-28)39-6-2/h7-18,23H,5-6,19-21H2,1-4H3,(H,32,36)/t23-/m1/s1. The Kier molecular flexibility index (Phi) is 10.7. The number of anilines is 1. The summed E-state index contributed by atoms with van der Waals surface area (Å²) in [5, 5.41) is 2.81. The van der Waals surface area contributed by atoms with E-state index in [0.29, 0.717) is 18.9 Å². The first-order valence-corrected chi connectivity index (χ1v) is 14.6. The normalized spacial score (nSPS) is 11.9. The van der Waals surface area contributed by atoms with Gasteiger partial charge in [-0.05, 0) is 86.8 Å². The largest absolute Gasteiger partial charge is 0.494 e. The van der Waals surface area contributed by atoms with Gasteiger partial charge in [-0.2, -0.15) is 0 Å². The minimum atomic E-state index is -4.26. The molecule has 0 aliphatic carbocycles. The zero-order chi connectivity index (χ0) is 29.3. The molecule has 0 heterocycles. The van der Waals surface area contributed by atoms with Crippen LogP contribution in [0.25, 0.3) is 0 Å². The van der Waals surface area contributed by atoms with Gasteiger partial charge in [0.2, 0.25) is 11.8 Å². The first kappa shape index (κ1) is 30.6. The zero-order valence-electron chi connectivity index (χ0n) is 23.3. The van der Waals surface area contributed by atoms with Gasteiger partial charge < -0.3 is 15.0 Å². The lowest BCUT2D eigenvalue weighted by Gasteiger charge is -2.32. The molecule has 3 rings (SSSR count). The van der Waals surface area contributed by atoms with Crippen molar-refractivity contribution in [3.05, 3.63) is 89.7 Å². The van der Waals surface area contributed by atoms with E-state index in [0.717, 1.165) is 34.0 Å². The van der Waals surface area contributed by atoms with Crippen molar-refractivity contribution < 1.29 is 27.1 Å². The number of nitrogens with one attached hydrogen (secondary N) is 1. The van der Waals surface area contributed by atoms with Gasteiger partial charge in [0.25, 0.3) is 10.0 Å². The maximum absolute atomic E-state index is 13.9. The summed E-state index contributed by atoms with van der Waals surface area (Å²) in [5.74, 6) is -0.967. The second-order valence-corrected chi connectivity index (χ2v) is 11.2. The number of hydrogen-bond donors (Lipinski definition) is 1. The van der Waals surface area contributed by atoms with Crippen LogP contribution in [0.15, 0.2) is 77.7 Å². The fourth-order valence-corrected chi connectivity index (χ4v) is 5.50. The van der Waals surface area contributed by atoms with Crippen molar-refractivity contribution in [1.82, 2.24) is 10.2 Å². The van der Waals surface area contributed by atoms with Crippen molar-refractivity contribution >= 4 is 27.5 Å². The van der Waals surface area contributed by atoms with Crippen molar-refractivity contribution in [2.24, 2.45) is 0 Å². The summed E-state index contributed by atoms with van der Waals surface area (Å²) in [6, 6.07) is 17.3. The molecule has 214 valence electrons. The third-order valence-electron chi connectivity index (χ3n) is 6.43. The van der Waals surface area contributed by atoms with Crippen LogP contribution in [0.5, 0.6) is 5.75 Å². The smallest absolute Gasteiger partial charge is 0.264 e. The Balaban J connectivity index is 2.01. The van der Waals surface area contributed by atoms with Crippen LogP contribution in [0.3, 0.4) is 0 Å². The molecule has 10 heteroatoms. The van der Waals surface area contributed by atoms with E-state index in [1.165, 1.54) is 41.3 Å². The van der Waals surface area contributed by atoms with Gasteiger partial charge in [-0.15, -0.1) is 0 Å². The molecule has 40 heavy (non-hydrogen) atoms. The maximum Gasteiger partial charge on any atom is 0.264 e. The first-order valence-electron chi connectivity index (χ1n) is 13.2. The van der Waals surface area contributed by atoms with Gasteiger partial charge in [0.15, 0.2) is 0 Å². The molecule has 0 saturated heterocycles.